The molecule has 0 saturated carbocycles. The third-order valence-electron chi connectivity index (χ3n) is 6.11. The van der Waals surface area contributed by atoms with Crippen molar-refractivity contribution < 1.29 is 9.47 Å². The number of imidazole rings is 1. The molecule has 0 amide bonds. The largest absolute Gasteiger partial charge is 0.494 e. The standard InChI is InChI=1S/C30H29N3O3/c1-35-17-8-18-36-25-15-13-24(14-16-25)28-21-33-29(26(31-28)19-22-9-4-2-5-10-22)32-27(30(33)34)20-23-11-6-3-7-12-23/h2-7,9-16,21,31H,8,17-20H2,1H3. The molecule has 3 aromatic rings. The average molecular weight is 480 g/mol. The lowest BCUT2D eigenvalue weighted by Gasteiger charge is -2.14. The van der Waals surface area contributed by atoms with Crippen LogP contribution in [0.5, 0.6) is 5.75 Å². The van der Waals surface area contributed by atoms with Crippen LogP contribution in [-0.4, -0.2) is 34.9 Å². The number of fused-ring (bicyclic) bond motifs is 1. The van der Waals surface area contributed by atoms with Crippen LogP contribution in [0.25, 0.3) is 17.1 Å². The molecule has 182 valence electrons. The molecule has 0 fully saturated rings. The number of ether oxygens (including phenoxy) is 2. The highest BCUT2D eigenvalue weighted by Crippen LogP contribution is 2.25. The van der Waals surface area contributed by atoms with Crippen LogP contribution >= 0.6 is 0 Å². The summed E-state index contributed by atoms with van der Waals surface area (Å²) in [6, 6.07) is 28.1. The van der Waals surface area contributed by atoms with E-state index in [2.05, 4.69) is 17.1 Å². The molecule has 2 aliphatic rings. The molecule has 0 bridgehead atoms. The van der Waals surface area contributed by atoms with Gasteiger partial charge in [-0.1, -0.05) is 60.7 Å². The van der Waals surface area contributed by atoms with Gasteiger partial charge in [0.1, 0.15) is 11.4 Å². The number of nitrogens with zero attached hydrogens (tertiary/aromatic N) is 2. The summed E-state index contributed by atoms with van der Waals surface area (Å²) >= 11 is 0. The maximum absolute atomic E-state index is 13.4. The van der Waals surface area contributed by atoms with Crippen LogP contribution in [0.4, 0.5) is 0 Å². The van der Waals surface area contributed by atoms with Crippen molar-refractivity contribution in [3.63, 3.8) is 0 Å². The minimum absolute atomic E-state index is 0.0866. The van der Waals surface area contributed by atoms with Crippen LogP contribution in [0, 0.1) is 0 Å². The van der Waals surface area contributed by atoms with E-state index in [1.807, 2.05) is 79.0 Å². The van der Waals surface area contributed by atoms with E-state index in [9.17, 15) is 4.79 Å². The summed E-state index contributed by atoms with van der Waals surface area (Å²) in [5.41, 5.74) is 5.38. The highest BCUT2D eigenvalue weighted by molar-refractivity contribution is 5.61. The first-order valence-corrected chi connectivity index (χ1v) is 12.1. The first-order chi connectivity index (χ1) is 17.7. The SMILES string of the molecule is COCCCOc1ccc(-c2cn3c(=O)c(Cc4ccccc4)nc-3c(Cc3ccccc3)[nH]2)cc1. The molecule has 1 N–H and O–H groups in total. The van der Waals surface area contributed by atoms with E-state index >= 15 is 0 Å². The predicted molar refractivity (Wildman–Crippen MR) is 141 cm³/mol. The van der Waals surface area contributed by atoms with Crippen LogP contribution in [0.3, 0.4) is 0 Å². The maximum Gasteiger partial charge on any atom is 0.278 e. The topological polar surface area (TPSA) is 69.1 Å². The van der Waals surface area contributed by atoms with Gasteiger partial charge in [-0.25, -0.2) is 4.98 Å². The Hall–Kier alpha value is -4.16. The minimum Gasteiger partial charge on any atom is -0.494 e. The fourth-order valence-electron chi connectivity index (χ4n) is 4.28. The van der Waals surface area contributed by atoms with Gasteiger partial charge in [0.15, 0.2) is 5.82 Å². The van der Waals surface area contributed by atoms with Gasteiger partial charge in [-0.2, -0.15) is 0 Å². The number of nitrogens with one attached hydrogen (secondary N) is 1. The third kappa shape index (κ3) is 5.39. The Bertz CT molecular complexity index is 1420. The van der Waals surface area contributed by atoms with E-state index in [4.69, 9.17) is 14.5 Å². The zero-order chi connectivity index (χ0) is 24.7. The number of hydrogen-bond acceptors (Lipinski definition) is 4. The van der Waals surface area contributed by atoms with E-state index in [0.717, 1.165) is 40.2 Å². The molecule has 6 heteroatoms. The van der Waals surface area contributed by atoms with Crippen molar-refractivity contribution in [2.24, 2.45) is 0 Å². The summed E-state index contributed by atoms with van der Waals surface area (Å²) in [5.74, 6) is 1.47. The van der Waals surface area contributed by atoms with Gasteiger partial charge in [-0.05, 0) is 41.0 Å². The van der Waals surface area contributed by atoms with Crippen molar-refractivity contribution in [3.8, 4) is 22.8 Å². The molecular formula is C30H29N3O3. The fraction of sp³-hybridized carbons (Fsp3) is 0.200. The smallest absolute Gasteiger partial charge is 0.278 e. The summed E-state index contributed by atoms with van der Waals surface area (Å²) in [7, 11) is 1.69. The van der Waals surface area contributed by atoms with Crippen molar-refractivity contribution in [1.82, 2.24) is 14.5 Å². The summed E-state index contributed by atoms with van der Waals surface area (Å²) < 4.78 is 12.5. The predicted octanol–water partition coefficient (Wildman–Crippen LogP) is 5.26. The second-order valence-corrected chi connectivity index (χ2v) is 8.75. The van der Waals surface area contributed by atoms with Crippen molar-refractivity contribution in [2.75, 3.05) is 20.3 Å². The van der Waals surface area contributed by atoms with Gasteiger partial charge in [0, 0.05) is 39.2 Å². The van der Waals surface area contributed by atoms with Gasteiger partial charge in [0.05, 0.1) is 18.0 Å². The lowest BCUT2D eigenvalue weighted by Crippen LogP contribution is -2.17. The number of benzene rings is 3. The molecule has 3 aromatic carbocycles. The molecule has 2 heterocycles. The van der Waals surface area contributed by atoms with Crippen LogP contribution in [0.15, 0.2) is 95.9 Å². The highest BCUT2D eigenvalue weighted by atomic mass is 16.5. The van der Waals surface area contributed by atoms with Gasteiger partial charge in [-0.15, -0.1) is 0 Å². The monoisotopic (exact) mass is 479 g/mol. The zero-order valence-corrected chi connectivity index (χ0v) is 20.3. The van der Waals surface area contributed by atoms with Crippen molar-refractivity contribution >= 4 is 0 Å². The molecule has 0 aromatic heterocycles. The third-order valence-corrected chi connectivity index (χ3v) is 6.11. The number of aromatic nitrogens is 3. The second kappa shape index (κ2) is 11.1. The molecule has 0 spiro atoms. The molecule has 5 rings (SSSR count). The first-order valence-electron chi connectivity index (χ1n) is 12.1. The molecule has 0 saturated heterocycles. The van der Waals surface area contributed by atoms with Crippen molar-refractivity contribution in [1.29, 1.82) is 0 Å². The number of methoxy groups -OCH3 is 1. The van der Waals surface area contributed by atoms with Gasteiger partial charge < -0.3 is 14.5 Å². The first kappa shape index (κ1) is 23.6. The Morgan fingerprint density at radius 3 is 2.17 bits per heavy atom. The quantitative estimate of drug-likeness (QED) is 0.277. The molecule has 36 heavy (non-hydrogen) atoms. The normalized spacial score (nSPS) is 11.1. The molecule has 0 atom stereocenters. The van der Waals surface area contributed by atoms with E-state index < -0.39 is 0 Å². The number of hydrogen-bond donors (Lipinski definition) is 1. The molecule has 0 unspecified atom stereocenters. The van der Waals surface area contributed by atoms with E-state index in [1.54, 1.807) is 11.7 Å². The highest BCUT2D eigenvalue weighted by Gasteiger charge is 2.20. The number of H-pyrrole nitrogens is 1. The maximum atomic E-state index is 13.4. The lowest BCUT2D eigenvalue weighted by molar-refractivity contribution is 0.172. The van der Waals surface area contributed by atoms with Gasteiger partial charge in [0.2, 0.25) is 0 Å². The van der Waals surface area contributed by atoms with E-state index in [-0.39, 0.29) is 5.56 Å². The van der Waals surface area contributed by atoms with Crippen molar-refractivity contribution in [2.45, 2.75) is 19.3 Å². The molecule has 2 aliphatic heterocycles. The Morgan fingerprint density at radius 2 is 1.50 bits per heavy atom. The Morgan fingerprint density at radius 1 is 0.833 bits per heavy atom. The van der Waals surface area contributed by atoms with Gasteiger partial charge in [0.25, 0.3) is 5.56 Å². The summed E-state index contributed by atoms with van der Waals surface area (Å²) in [6.07, 6.45) is 3.82. The van der Waals surface area contributed by atoms with Crippen LogP contribution in [0.2, 0.25) is 0 Å². The van der Waals surface area contributed by atoms with E-state index in [0.29, 0.717) is 37.6 Å². The Kier molecular flexibility index (Phi) is 7.24. The fourth-order valence-corrected chi connectivity index (χ4v) is 4.28. The van der Waals surface area contributed by atoms with E-state index in [1.165, 1.54) is 0 Å². The number of rotatable bonds is 10. The Balaban J connectivity index is 1.51. The van der Waals surface area contributed by atoms with Crippen LogP contribution in [-0.2, 0) is 17.6 Å². The molecule has 6 nitrogen and oxygen atoms in total. The van der Waals surface area contributed by atoms with Crippen LogP contribution in [0.1, 0.15) is 28.9 Å². The molecular weight excluding hydrogens is 450 g/mol. The van der Waals surface area contributed by atoms with Crippen molar-refractivity contribution in [3.05, 3.63) is 124 Å². The van der Waals surface area contributed by atoms with Gasteiger partial charge >= 0.3 is 0 Å². The lowest BCUT2D eigenvalue weighted by atomic mass is 10.1. The number of aromatic amines is 1. The summed E-state index contributed by atoms with van der Waals surface area (Å²) in [5, 5.41) is 0. The van der Waals surface area contributed by atoms with Gasteiger partial charge in [-0.3, -0.25) is 9.36 Å². The van der Waals surface area contributed by atoms with Crippen LogP contribution < -0.4 is 10.3 Å². The minimum atomic E-state index is -0.0866. The molecule has 0 aliphatic carbocycles. The second-order valence-electron chi connectivity index (χ2n) is 8.75. The molecule has 0 radical (unpaired) electrons. The average Bonchev–Trinajstić information content (AvgIpc) is 3.23. The summed E-state index contributed by atoms with van der Waals surface area (Å²) in [4.78, 5) is 21.7. The Labute approximate surface area is 210 Å². The summed E-state index contributed by atoms with van der Waals surface area (Å²) in [6.45, 7) is 1.28. The zero-order valence-electron chi connectivity index (χ0n) is 20.3.